The minimum Gasteiger partial charge on any atom is -0.376 e. The summed E-state index contributed by atoms with van der Waals surface area (Å²) in [6.07, 6.45) is 2.32. The lowest BCUT2D eigenvalue weighted by molar-refractivity contribution is -0.117. The molecule has 1 saturated carbocycles. The third-order valence-corrected chi connectivity index (χ3v) is 5.52. The van der Waals surface area contributed by atoms with Crippen molar-refractivity contribution >= 4 is 17.2 Å². The zero-order valence-corrected chi connectivity index (χ0v) is 12.1. The zero-order chi connectivity index (χ0) is 13.6. The minimum absolute atomic E-state index is 0.0192. The fourth-order valence-corrected chi connectivity index (χ4v) is 3.97. The lowest BCUT2D eigenvalue weighted by Gasteiger charge is -2.52. The quantitative estimate of drug-likeness (QED) is 0.865. The third kappa shape index (κ3) is 2.20. The monoisotopic (exact) mass is 280 g/mol. The van der Waals surface area contributed by atoms with Gasteiger partial charge < -0.3 is 15.8 Å². The summed E-state index contributed by atoms with van der Waals surface area (Å²) < 4.78 is 5.73. The molecule has 1 saturated heterocycles. The maximum absolute atomic E-state index is 12.2. The Hall–Kier alpha value is -0.910. The first-order chi connectivity index (χ1) is 9.08. The van der Waals surface area contributed by atoms with E-state index in [0.29, 0.717) is 5.92 Å². The fourth-order valence-electron chi connectivity index (χ4n) is 3.03. The largest absolute Gasteiger partial charge is 0.376 e. The van der Waals surface area contributed by atoms with Crippen molar-refractivity contribution in [3.05, 3.63) is 21.4 Å². The standard InChI is InChI=1S/C14H20N2O2S/c1-7-6-10(19-8(7)2)14(17)16-12-11(15)9-4-3-5-18-13(9)12/h6,9,11-13H,3-5,15H2,1-2H3,(H,16,17). The highest BCUT2D eigenvalue weighted by molar-refractivity contribution is 7.14. The minimum atomic E-state index is -0.0273. The molecule has 1 aromatic heterocycles. The molecule has 0 aromatic carbocycles. The predicted octanol–water partition coefficient (Wildman–Crippen LogP) is 1.60. The van der Waals surface area contributed by atoms with E-state index in [1.54, 1.807) is 0 Å². The van der Waals surface area contributed by atoms with Crippen LogP contribution in [-0.4, -0.2) is 30.7 Å². The van der Waals surface area contributed by atoms with Crippen LogP contribution in [0.5, 0.6) is 0 Å². The van der Waals surface area contributed by atoms with Crippen LogP contribution in [0.4, 0.5) is 0 Å². The molecule has 1 aliphatic heterocycles. The number of thiophene rings is 1. The Morgan fingerprint density at radius 1 is 1.53 bits per heavy atom. The van der Waals surface area contributed by atoms with Gasteiger partial charge in [-0.25, -0.2) is 0 Å². The molecule has 1 aliphatic carbocycles. The van der Waals surface area contributed by atoms with Crippen LogP contribution in [0.25, 0.3) is 0 Å². The van der Waals surface area contributed by atoms with Gasteiger partial charge >= 0.3 is 0 Å². The van der Waals surface area contributed by atoms with Gasteiger partial charge in [0.1, 0.15) is 0 Å². The van der Waals surface area contributed by atoms with Crippen molar-refractivity contribution in [2.75, 3.05) is 6.61 Å². The average Bonchev–Trinajstić information content (AvgIpc) is 2.75. The van der Waals surface area contributed by atoms with Gasteiger partial charge in [-0.3, -0.25) is 4.79 Å². The molecule has 4 nitrogen and oxygen atoms in total. The van der Waals surface area contributed by atoms with E-state index in [1.807, 2.05) is 19.9 Å². The summed E-state index contributed by atoms with van der Waals surface area (Å²) >= 11 is 1.54. The van der Waals surface area contributed by atoms with Crippen LogP contribution in [0.3, 0.4) is 0 Å². The van der Waals surface area contributed by atoms with Gasteiger partial charge in [0.05, 0.1) is 17.0 Å². The molecule has 104 valence electrons. The number of nitrogens with two attached hydrogens (primary N) is 1. The zero-order valence-electron chi connectivity index (χ0n) is 11.3. The molecule has 2 aliphatic rings. The first kappa shape index (κ1) is 13.1. The maximum atomic E-state index is 12.2. The second-order valence-electron chi connectivity index (χ2n) is 5.57. The Morgan fingerprint density at radius 2 is 2.32 bits per heavy atom. The summed E-state index contributed by atoms with van der Waals surface area (Å²) in [4.78, 5) is 14.2. The summed E-state index contributed by atoms with van der Waals surface area (Å²) in [7, 11) is 0. The van der Waals surface area contributed by atoms with Crippen LogP contribution in [0, 0.1) is 19.8 Å². The molecule has 1 aromatic rings. The summed E-state index contributed by atoms with van der Waals surface area (Å²) in [5, 5.41) is 3.04. The van der Waals surface area contributed by atoms with Gasteiger partial charge in [-0.2, -0.15) is 0 Å². The van der Waals surface area contributed by atoms with E-state index in [0.717, 1.165) is 24.3 Å². The molecule has 4 atom stereocenters. The van der Waals surface area contributed by atoms with Crippen LogP contribution < -0.4 is 11.1 Å². The van der Waals surface area contributed by atoms with Crippen molar-refractivity contribution in [1.29, 1.82) is 0 Å². The van der Waals surface area contributed by atoms with E-state index < -0.39 is 0 Å². The van der Waals surface area contributed by atoms with Gasteiger partial charge in [0.2, 0.25) is 0 Å². The van der Waals surface area contributed by atoms with Gasteiger partial charge in [0.15, 0.2) is 0 Å². The first-order valence-electron chi connectivity index (χ1n) is 6.83. The number of aryl methyl sites for hydroxylation is 2. The van der Waals surface area contributed by atoms with Gasteiger partial charge in [-0.15, -0.1) is 11.3 Å². The Labute approximate surface area is 117 Å². The lowest BCUT2D eigenvalue weighted by Crippen LogP contribution is -2.72. The number of ether oxygens (including phenoxy) is 1. The molecule has 0 bridgehead atoms. The van der Waals surface area contributed by atoms with Crippen molar-refractivity contribution < 1.29 is 9.53 Å². The molecule has 1 amide bonds. The molecule has 19 heavy (non-hydrogen) atoms. The topological polar surface area (TPSA) is 64.4 Å². The van der Waals surface area contributed by atoms with Crippen molar-refractivity contribution in [3.8, 4) is 0 Å². The van der Waals surface area contributed by atoms with Gasteiger partial charge in [-0.1, -0.05) is 0 Å². The van der Waals surface area contributed by atoms with E-state index in [1.165, 1.54) is 21.8 Å². The van der Waals surface area contributed by atoms with Crippen LogP contribution in [-0.2, 0) is 4.74 Å². The number of hydrogen-bond acceptors (Lipinski definition) is 4. The Kier molecular flexibility index (Phi) is 3.37. The van der Waals surface area contributed by atoms with Crippen LogP contribution in [0.15, 0.2) is 6.07 Å². The number of fused-ring (bicyclic) bond motifs is 1. The Balaban J connectivity index is 1.66. The van der Waals surface area contributed by atoms with E-state index >= 15 is 0 Å². The van der Waals surface area contributed by atoms with E-state index in [4.69, 9.17) is 10.5 Å². The molecule has 5 heteroatoms. The predicted molar refractivity (Wildman–Crippen MR) is 75.5 cm³/mol. The van der Waals surface area contributed by atoms with Crippen molar-refractivity contribution in [2.24, 2.45) is 11.7 Å². The second-order valence-corrected chi connectivity index (χ2v) is 6.82. The number of carbonyl (C=O) groups excluding carboxylic acids is 1. The highest BCUT2D eigenvalue weighted by Crippen LogP contribution is 2.37. The molecule has 4 unspecified atom stereocenters. The Morgan fingerprint density at radius 3 is 3.00 bits per heavy atom. The highest BCUT2D eigenvalue weighted by atomic mass is 32.1. The molecular weight excluding hydrogens is 260 g/mol. The molecular formula is C14H20N2O2S. The SMILES string of the molecule is Cc1cc(C(=O)NC2C(N)C3CCCOC32)sc1C. The number of rotatable bonds is 2. The number of carbonyl (C=O) groups is 1. The van der Waals surface area contributed by atoms with Crippen molar-refractivity contribution in [3.63, 3.8) is 0 Å². The van der Waals surface area contributed by atoms with E-state index in [-0.39, 0.29) is 24.1 Å². The maximum Gasteiger partial charge on any atom is 0.261 e. The Bertz CT molecular complexity index is 480. The molecule has 0 spiro atoms. The van der Waals surface area contributed by atoms with Gasteiger partial charge in [-0.05, 0) is 38.3 Å². The smallest absolute Gasteiger partial charge is 0.261 e. The second kappa shape index (κ2) is 4.89. The van der Waals surface area contributed by atoms with Crippen LogP contribution >= 0.6 is 11.3 Å². The molecule has 3 rings (SSSR count). The molecule has 0 radical (unpaired) electrons. The summed E-state index contributed by atoms with van der Waals surface area (Å²) in [5.74, 6) is 0.403. The van der Waals surface area contributed by atoms with Crippen molar-refractivity contribution in [1.82, 2.24) is 5.32 Å². The highest BCUT2D eigenvalue weighted by Gasteiger charge is 2.51. The fraction of sp³-hybridized carbons (Fsp3) is 0.643. The van der Waals surface area contributed by atoms with Gasteiger partial charge in [0.25, 0.3) is 5.91 Å². The molecule has 2 fully saturated rings. The summed E-state index contributed by atoms with van der Waals surface area (Å²) in [5.41, 5.74) is 7.31. The number of hydrogen-bond donors (Lipinski definition) is 2. The van der Waals surface area contributed by atoms with Crippen molar-refractivity contribution in [2.45, 2.75) is 44.9 Å². The van der Waals surface area contributed by atoms with E-state index in [2.05, 4.69) is 5.32 Å². The normalized spacial score (nSPS) is 33.4. The third-order valence-electron chi connectivity index (χ3n) is 4.36. The van der Waals surface area contributed by atoms with Crippen LogP contribution in [0.1, 0.15) is 33.0 Å². The van der Waals surface area contributed by atoms with Crippen LogP contribution in [0.2, 0.25) is 0 Å². The number of amides is 1. The summed E-state index contributed by atoms with van der Waals surface area (Å²) in [6, 6.07) is 1.95. The first-order valence-corrected chi connectivity index (χ1v) is 7.64. The van der Waals surface area contributed by atoms with Gasteiger partial charge in [0, 0.05) is 23.4 Å². The number of nitrogens with one attached hydrogen (secondary N) is 1. The molecule has 2 heterocycles. The van der Waals surface area contributed by atoms with E-state index in [9.17, 15) is 4.79 Å². The molecule has 3 N–H and O–H groups in total. The average molecular weight is 280 g/mol. The summed E-state index contributed by atoms with van der Waals surface area (Å²) in [6.45, 7) is 4.85. The lowest BCUT2D eigenvalue weighted by atomic mass is 9.68.